The first-order valence-corrected chi connectivity index (χ1v) is 6.49. The zero-order valence-electron chi connectivity index (χ0n) is 11.5. The summed E-state index contributed by atoms with van der Waals surface area (Å²) in [5, 5.41) is 8.66. The Kier molecular flexibility index (Phi) is 4.07. The first-order valence-electron chi connectivity index (χ1n) is 6.49. The quantitative estimate of drug-likeness (QED) is 0.631. The number of hydrogen-bond acceptors (Lipinski definition) is 4. The molecule has 5 heteroatoms. The largest absolute Gasteiger partial charge is 0.492 e. The Balaban J connectivity index is 2.30. The topological polar surface area (TPSA) is 61.8 Å². The van der Waals surface area contributed by atoms with Crippen LogP contribution in [-0.2, 0) is 6.54 Å². The van der Waals surface area contributed by atoms with Crippen LogP contribution in [0.5, 0.6) is 5.75 Å². The summed E-state index contributed by atoms with van der Waals surface area (Å²) in [5.41, 5.74) is 3.09. The minimum absolute atomic E-state index is 0.322. The van der Waals surface area contributed by atoms with Gasteiger partial charge in [-0.3, -0.25) is 14.9 Å². The lowest BCUT2D eigenvalue weighted by atomic mass is 10.1. The molecule has 1 aromatic rings. The molecule has 1 amide bonds. The molecule has 0 saturated carbocycles. The fourth-order valence-electron chi connectivity index (χ4n) is 2.38. The van der Waals surface area contributed by atoms with Crippen molar-refractivity contribution in [2.75, 3.05) is 6.61 Å². The van der Waals surface area contributed by atoms with Crippen LogP contribution in [0.3, 0.4) is 0 Å². The average molecular weight is 264 g/mol. The monoisotopic (exact) mass is 264 g/mol. The molecule has 0 fully saturated rings. The van der Waals surface area contributed by atoms with Crippen LogP contribution >= 0.6 is 0 Å². The number of hydroxylamine groups is 1. The lowest BCUT2D eigenvalue weighted by molar-refractivity contribution is 0.0706. The second-order valence-electron chi connectivity index (χ2n) is 5.19. The summed E-state index contributed by atoms with van der Waals surface area (Å²) in [6.07, 6.45) is 0. The van der Waals surface area contributed by atoms with Gasteiger partial charge in [-0.1, -0.05) is 6.07 Å². The van der Waals surface area contributed by atoms with Crippen LogP contribution in [0.4, 0.5) is 0 Å². The summed E-state index contributed by atoms with van der Waals surface area (Å²) in [6, 6.07) is 6.01. The van der Waals surface area contributed by atoms with E-state index < -0.39 is 5.91 Å². The van der Waals surface area contributed by atoms with Crippen molar-refractivity contribution < 1.29 is 14.7 Å². The van der Waals surface area contributed by atoms with Gasteiger partial charge in [0, 0.05) is 29.8 Å². The Morgan fingerprint density at radius 3 is 2.89 bits per heavy atom. The van der Waals surface area contributed by atoms with Gasteiger partial charge in [-0.2, -0.15) is 0 Å². The summed E-state index contributed by atoms with van der Waals surface area (Å²) >= 11 is 0. The molecule has 2 rings (SSSR count). The first-order chi connectivity index (χ1) is 9.02. The Morgan fingerprint density at radius 1 is 1.53 bits per heavy atom. The standard InChI is InChI=1S/C14H20N2O3/c1-9(2)16-7-12-5-4-11(14(17)15-18)6-13(12)19-8-10(16)3/h4-6,9-10,18H,7-8H2,1-3H3,(H,15,17)/t10-/m0/s1. The summed E-state index contributed by atoms with van der Waals surface area (Å²) in [4.78, 5) is 13.8. The van der Waals surface area contributed by atoms with Gasteiger partial charge in [0.05, 0.1) is 0 Å². The summed E-state index contributed by atoms with van der Waals surface area (Å²) in [7, 11) is 0. The number of nitrogens with zero attached hydrogens (tertiary/aromatic N) is 1. The van der Waals surface area contributed by atoms with E-state index in [1.165, 1.54) is 0 Å². The van der Waals surface area contributed by atoms with Crippen LogP contribution in [0, 0.1) is 0 Å². The predicted octanol–water partition coefficient (Wildman–Crippen LogP) is 1.80. The molecule has 1 heterocycles. The van der Waals surface area contributed by atoms with E-state index in [2.05, 4.69) is 25.7 Å². The lowest BCUT2D eigenvalue weighted by Gasteiger charge is -2.29. The molecule has 0 radical (unpaired) electrons. The van der Waals surface area contributed by atoms with E-state index in [1.54, 1.807) is 17.6 Å². The molecule has 5 nitrogen and oxygen atoms in total. The maximum atomic E-state index is 11.4. The van der Waals surface area contributed by atoms with Crippen LogP contribution in [0.25, 0.3) is 0 Å². The van der Waals surface area contributed by atoms with E-state index in [-0.39, 0.29) is 0 Å². The number of amides is 1. The molecule has 0 aromatic heterocycles. The molecule has 1 aliphatic rings. The molecule has 1 aliphatic heterocycles. The molecule has 0 unspecified atom stereocenters. The van der Waals surface area contributed by atoms with Crippen LogP contribution in [0.2, 0.25) is 0 Å². The Morgan fingerprint density at radius 2 is 2.26 bits per heavy atom. The van der Waals surface area contributed by atoms with E-state index in [9.17, 15) is 4.79 Å². The highest BCUT2D eigenvalue weighted by atomic mass is 16.5. The molecule has 0 bridgehead atoms. The van der Waals surface area contributed by atoms with Gasteiger partial charge < -0.3 is 4.74 Å². The predicted molar refractivity (Wildman–Crippen MR) is 71.3 cm³/mol. The highest BCUT2D eigenvalue weighted by Crippen LogP contribution is 2.27. The van der Waals surface area contributed by atoms with Crippen LogP contribution < -0.4 is 10.2 Å². The summed E-state index contributed by atoms with van der Waals surface area (Å²) in [5.74, 6) is 0.195. The third kappa shape index (κ3) is 2.88. The molecule has 1 atom stereocenters. The highest BCUT2D eigenvalue weighted by Gasteiger charge is 2.24. The highest BCUT2D eigenvalue weighted by molar-refractivity contribution is 5.93. The van der Waals surface area contributed by atoms with Crippen LogP contribution in [0.15, 0.2) is 18.2 Å². The number of ether oxygens (including phenoxy) is 1. The Labute approximate surface area is 113 Å². The zero-order chi connectivity index (χ0) is 14.0. The number of hydrogen-bond donors (Lipinski definition) is 2. The van der Waals surface area contributed by atoms with Crippen molar-refractivity contribution in [3.8, 4) is 5.75 Å². The van der Waals surface area contributed by atoms with Gasteiger partial charge in [0.25, 0.3) is 5.91 Å². The first kappa shape index (κ1) is 13.8. The Bertz CT molecular complexity index is 474. The van der Waals surface area contributed by atoms with Crippen molar-refractivity contribution in [2.45, 2.75) is 39.4 Å². The zero-order valence-corrected chi connectivity index (χ0v) is 11.5. The minimum Gasteiger partial charge on any atom is -0.492 e. The average Bonchev–Trinajstić information content (AvgIpc) is 2.57. The molecule has 0 aliphatic carbocycles. The fourth-order valence-corrected chi connectivity index (χ4v) is 2.38. The van der Waals surface area contributed by atoms with Gasteiger partial charge in [0.2, 0.25) is 0 Å². The van der Waals surface area contributed by atoms with Crippen molar-refractivity contribution in [1.82, 2.24) is 10.4 Å². The van der Waals surface area contributed by atoms with Crippen LogP contribution in [-0.4, -0.2) is 34.7 Å². The lowest BCUT2D eigenvalue weighted by Crippen LogP contribution is -2.39. The molecular formula is C14H20N2O3. The van der Waals surface area contributed by atoms with E-state index in [1.807, 2.05) is 6.07 Å². The number of nitrogens with one attached hydrogen (secondary N) is 1. The summed E-state index contributed by atoms with van der Waals surface area (Å²) in [6.45, 7) is 7.85. The Hall–Kier alpha value is -1.59. The van der Waals surface area contributed by atoms with Gasteiger partial charge in [-0.15, -0.1) is 0 Å². The molecule has 19 heavy (non-hydrogen) atoms. The van der Waals surface area contributed by atoms with E-state index in [0.717, 1.165) is 17.9 Å². The second kappa shape index (κ2) is 5.59. The molecule has 0 saturated heterocycles. The van der Waals surface area contributed by atoms with Crippen molar-refractivity contribution in [3.05, 3.63) is 29.3 Å². The maximum absolute atomic E-state index is 11.4. The molecule has 1 aromatic carbocycles. The number of carbonyl (C=O) groups excluding carboxylic acids is 1. The SMILES string of the molecule is CC(C)N1Cc2ccc(C(=O)NO)cc2OC[C@@H]1C. The van der Waals surface area contributed by atoms with Crippen molar-refractivity contribution >= 4 is 5.91 Å². The molecule has 2 N–H and O–H groups in total. The van der Waals surface area contributed by atoms with Gasteiger partial charge >= 0.3 is 0 Å². The third-order valence-corrected chi connectivity index (χ3v) is 3.49. The van der Waals surface area contributed by atoms with Gasteiger partial charge in [0.15, 0.2) is 0 Å². The van der Waals surface area contributed by atoms with Gasteiger partial charge in [-0.05, 0) is 32.9 Å². The maximum Gasteiger partial charge on any atom is 0.274 e. The number of fused-ring (bicyclic) bond motifs is 1. The summed E-state index contributed by atoms with van der Waals surface area (Å²) < 4.78 is 5.77. The van der Waals surface area contributed by atoms with Gasteiger partial charge in [0.1, 0.15) is 12.4 Å². The molecular weight excluding hydrogens is 244 g/mol. The second-order valence-corrected chi connectivity index (χ2v) is 5.19. The van der Waals surface area contributed by atoms with Crippen molar-refractivity contribution in [3.63, 3.8) is 0 Å². The van der Waals surface area contributed by atoms with Crippen molar-refractivity contribution in [2.24, 2.45) is 0 Å². The van der Waals surface area contributed by atoms with E-state index >= 15 is 0 Å². The number of carbonyl (C=O) groups is 1. The van der Waals surface area contributed by atoms with E-state index in [4.69, 9.17) is 9.94 Å². The minimum atomic E-state index is -0.524. The third-order valence-electron chi connectivity index (χ3n) is 3.49. The smallest absolute Gasteiger partial charge is 0.274 e. The van der Waals surface area contributed by atoms with E-state index in [0.29, 0.717) is 24.3 Å². The van der Waals surface area contributed by atoms with Crippen LogP contribution in [0.1, 0.15) is 36.7 Å². The van der Waals surface area contributed by atoms with Crippen molar-refractivity contribution in [1.29, 1.82) is 0 Å². The normalized spacial score (nSPS) is 19.5. The molecule has 0 spiro atoms. The number of benzene rings is 1. The van der Waals surface area contributed by atoms with Gasteiger partial charge in [-0.25, -0.2) is 5.48 Å². The number of rotatable bonds is 2. The fraction of sp³-hybridized carbons (Fsp3) is 0.500. The molecule has 104 valence electrons.